The van der Waals surface area contributed by atoms with Crippen molar-refractivity contribution in [2.75, 3.05) is 32.2 Å². The predicted molar refractivity (Wildman–Crippen MR) is 157 cm³/mol. The molecule has 1 aromatic heterocycles. The molecular formula is C30H28F3N3O6S2. The highest BCUT2D eigenvalue weighted by Gasteiger charge is 2.57. The van der Waals surface area contributed by atoms with Gasteiger partial charge < -0.3 is 14.4 Å². The van der Waals surface area contributed by atoms with E-state index in [2.05, 4.69) is 0 Å². The molecular weight excluding hydrogens is 619 g/mol. The number of imide groups is 1. The number of thioether (sulfide) groups is 1. The van der Waals surface area contributed by atoms with Gasteiger partial charge in [0.15, 0.2) is 11.5 Å². The molecule has 3 aliphatic rings. The van der Waals surface area contributed by atoms with Crippen LogP contribution in [0.25, 0.3) is 0 Å². The van der Waals surface area contributed by atoms with E-state index < -0.39 is 45.5 Å². The van der Waals surface area contributed by atoms with Crippen LogP contribution in [0.1, 0.15) is 41.2 Å². The third kappa shape index (κ3) is 5.17. The molecule has 2 fully saturated rings. The van der Waals surface area contributed by atoms with Crippen molar-refractivity contribution in [3.8, 4) is 11.5 Å². The minimum absolute atomic E-state index is 0.183. The van der Waals surface area contributed by atoms with Crippen LogP contribution >= 0.6 is 23.1 Å². The molecule has 232 valence electrons. The van der Waals surface area contributed by atoms with Gasteiger partial charge in [-0.25, -0.2) is 4.90 Å². The fourth-order valence-corrected chi connectivity index (χ4v) is 8.89. The maximum atomic E-state index is 14.1. The van der Waals surface area contributed by atoms with E-state index in [0.717, 1.165) is 65.5 Å². The summed E-state index contributed by atoms with van der Waals surface area (Å²) in [4.78, 5) is 57.2. The number of benzene rings is 2. The van der Waals surface area contributed by atoms with Crippen LogP contribution in [0, 0.1) is 5.92 Å². The van der Waals surface area contributed by atoms with Crippen LogP contribution in [0.5, 0.6) is 11.5 Å². The van der Waals surface area contributed by atoms with E-state index in [0.29, 0.717) is 40.1 Å². The molecule has 0 aliphatic carbocycles. The summed E-state index contributed by atoms with van der Waals surface area (Å²) in [5.74, 6) is -2.63. The first-order chi connectivity index (χ1) is 21.0. The topological polar surface area (TPSA) is 98.1 Å². The molecule has 0 bridgehead atoms. The van der Waals surface area contributed by atoms with Crippen LogP contribution in [0.2, 0.25) is 0 Å². The van der Waals surface area contributed by atoms with Crippen molar-refractivity contribution in [3.05, 3.63) is 68.1 Å². The number of nitrogens with zero attached hydrogens (tertiary/aromatic N) is 3. The Balaban J connectivity index is 1.46. The Morgan fingerprint density at radius 2 is 1.68 bits per heavy atom. The number of likely N-dealkylation sites (tertiary alicyclic amines) is 1. The summed E-state index contributed by atoms with van der Waals surface area (Å²) in [6.45, 7) is 0.989. The molecule has 6 rings (SSSR count). The SMILES string of the molecule is COc1ccc([C@H]2c3sc(=O)n(CC(=O)N4CCCCC4)c3SC3C(=O)N(c4cccc(C(F)(F)F)c4)C(=O)C32)cc1OC. The van der Waals surface area contributed by atoms with Crippen LogP contribution in [-0.4, -0.2) is 59.7 Å². The van der Waals surface area contributed by atoms with E-state index >= 15 is 0 Å². The Kier molecular flexibility index (Phi) is 7.99. The second-order valence-electron chi connectivity index (χ2n) is 10.8. The number of hydrogen-bond acceptors (Lipinski definition) is 8. The summed E-state index contributed by atoms with van der Waals surface area (Å²) in [5, 5.41) is -0.647. The van der Waals surface area contributed by atoms with Gasteiger partial charge in [-0.05, 0) is 55.2 Å². The molecule has 3 aromatic rings. The van der Waals surface area contributed by atoms with Gasteiger partial charge in [0.2, 0.25) is 17.7 Å². The minimum Gasteiger partial charge on any atom is -0.493 e. The van der Waals surface area contributed by atoms with Crippen LogP contribution < -0.4 is 19.2 Å². The maximum Gasteiger partial charge on any atom is 0.416 e. The van der Waals surface area contributed by atoms with Crippen molar-refractivity contribution in [2.45, 2.75) is 48.2 Å². The number of carbonyl (C=O) groups is 3. The van der Waals surface area contributed by atoms with E-state index in [9.17, 15) is 32.3 Å². The zero-order valence-electron chi connectivity index (χ0n) is 23.8. The van der Waals surface area contributed by atoms with Crippen LogP contribution in [0.3, 0.4) is 0 Å². The molecule has 0 radical (unpaired) electrons. The number of alkyl halides is 3. The average molecular weight is 648 g/mol. The number of amides is 3. The van der Waals surface area contributed by atoms with Crippen LogP contribution in [0.4, 0.5) is 18.9 Å². The Morgan fingerprint density at radius 3 is 2.36 bits per heavy atom. The molecule has 0 saturated carbocycles. The molecule has 3 amide bonds. The summed E-state index contributed by atoms with van der Waals surface area (Å²) in [6, 6.07) is 9.13. The molecule has 2 aromatic carbocycles. The zero-order chi connectivity index (χ0) is 31.3. The third-order valence-electron chi connectivity index (χ3n) is 8.25. The third-order valence-corrected chi connectivity index (χ3v) is 10.9. The standard InChI is InChI=1S/C30H28F3N3O6S2/c1-41-19-10-9-16(13-20(19)42-2)22-23-24(27(39)36(26(23)38)18-8-6-7-17(14-18)30(31,32)33)43-28-25(22)44-29(40)35(28)15-21(37)34-11-4-3-5-12-34/h6-10,13-14,22-24H,3-5,11-12,15H2,1-2H3/t22-,23?,24?/m1/s1. The Morgan fingerprint density at radius 1 is 0.955 bits per heavy atom. The Bertz CT molecular complexity index is 1700. The summed E-state index contributed by atoms with van der Waals surface area (Å²) in [6.07, 6.45) is -1.89. The smallest absolute Gasteiger partial charge is 0.416 e. The van der Waals surface area contributed by atoms with Gasteiger partial charge in [0.05, 0.1) is 36.4 Å². The minimum atomic E-state index is -4.67. The molecule has 2 saturated heterocycles. The second-order valence-corrected chi connectivity index (χ2v) is 12.9. The van der Waals surface area contributed by atoms with Crippen molar-refractivity contribution in [3.63, 3.8) is 0 Å². The van der Waals surface area contributed by atoms with Gasteiger partial charge >= 0.3 is 11.0 Å². The predicted octanol–water partition coefficient (Wildman–Crippen LogP) is 4.75. The molecule has 14 heteroatoms. The van der Waals surface area contributed by atoms with Gasteiger partial charge in [-0.15, -0.1) is 0 Å². The van der Waals surface area contributed by atoms with Gasteiger partial charge in [-0.1, -0.05) is 35.2 Å². The van der Waals surface area contributed by atoms with Gasteiger partial charge in [-0.2, -0.15) is 13.2 Å². The van der Waals surface area contributed by atoms with Crippen molar-refractivity contribution < 1.29 is 37.0 Å². The van der Waals surface area contributed by atoms with E-state index in [1.54, 1.807) is 23.1 Å². The number of thiazole rings is 1. The second kappa shape index (κ2) is 11.6. The first kappa shape index (κ1) is 30.3. The normalized spacial score (nSPS) is 21.7. The lowest BCUT2D eigenvalue weighted by Crippen LogP contribution is -2.39. The largest absolute Gasteiger partial charge is 0.493 e. The number of methoxy groups -OCH3 is 2. The average Bonchev–Trinajstić information content (AvgIpc) is 3.46. The summed E-state index contributed by atoms with van der Waals surface area (Å²) in [5.41, 5.74) is -0.613. The van der Waals surface area contributed by atoms with E-state index in [4.69, 9.17) is 9.47 Å². The zero-order valence-corrected chi connectivity index (χ0v) is 25.4. The van der Waals surface area contributed by atoms with E-state index in [1.165, 1.54) is 24.9 Å². The molecule has 3 aliphatic heterocycles. The number of aromatic nitrogens is 1. The highest BCUT2D eigenvalue weighted by atomic mass is 32.2. The lowest BCUT2D eigenvalue weighted by molar-refractivity contribution is -0.137. The summed E-state index contributed by atoms with van der Waals surface area (Å²) < 4.78 is 52.8. The number of halogens is 3. The molecule has 9 nitrogen and oxygen atoms in total. The fourth-order valence-electron chi connectivity index (χ4n) is 6.12. The van der Waals surface area contributed by atoms with Gasteiger partial charge in [-0.3, -0.25) is 23.7 Å². The first-order valence-corrected chi connectivity index (χ1v) is 15.7. The van der Waals surface area contributed by atoms with Crippen LogP contribution in [0.15, 0.2) is 52.3 Å². The van der Waals surface area contributed by atoms with E-state index in [-0.39, 0.29) is 18.1 Å². The maximum absolute atomic E-state index is 14.1. The van der Waals surface area contributed by atoms with Crippen molar-refractivity contribution >= 4 is 46.5 Å². The van der Waals surface area contributed by atoms with Gasteiger partial charge in [0.25, 0.3) is 0 Å². The fraction of sp³-hybridized carbons (Fsp3) is 0.400. The highest BCUT2D eigenvalue weighted by molar-refractivity contribution is 8.00. The number of carbonyl (C=O) groups excluding carboxylic acids is 3. The molecule has 0 N–H and O–H groups in total. The lowest BCUT2D eigenvalue weighted by Gasteiger charge is -2.31. The number of fused-ring (bicyclic) bond motifs is 2. The lowest BCUT2D eigenvalue weighted by atomic mass is 9.83. The van der Waals surface area contributed by atoms with Gasteiger partial charge in [0.1, 0.15) is 11.8 Å². The van der Waals surface area contributed by atoms with Crippen molar-refractivity contribution in [1.29, 1.82) is 0 Å². The summed E-state index contributed by atoms with van der Waals surface area (Å²) >= 11 is 1.91. The first-order valence-electron chi connectivity index (χ1n) is 14.0. The number of ether oxygens (including phenoxy) is 2. The number of anilines is 1. The molecule has 0 spiro atoms. The quantitative estimate of drug-likeness (QED) is 0.356. The summed E-state index contributed by atoms with van der Waals surface area (Å²) in [7, 11) is 2.92. The van der Waals surface area contributed by atoms with Gasteiger partial charge in [0, 0.05) is 23.9 Å². The molecule has 4 heterocycles. The Labute approximate surface area is 258 Å². The molecule has 2 unspecified atom stereocenters. The van der Waals surface area contributed by atoms with Crippen LogP contribution in [-0.2, 0) is 27.1 Å². The monoisotopic (exact) mass is 647 g/mol. The number of rotatable bonds is 6. The Hall–Kier alpha value is -3.78. The highest BCUT2D eigenvalue weighted by Crippen LogP contribution is 2.54. The number of hydrogen-bond donors (Lipinski definition) is 0. The number of piperidine rings is 1. The van der Waals surface area contributed by atoms with Crippen molar-refractivity contribution in [1.82, 2.24) is 9.47 Å². The molecule has 3 atom stereocenters. The molecule has 44 heavy (non-hydrogen) atoms. The van der Waals surface area contributed by atoms with Crippen molar-refractivity contribution in [2.24, 2.45) is 5.92 Å². The van der Waals surface area contributed by atoms with E-state index in [1.807, 2.05) is 0 Å².